The molecule has 0 atom stereocenters. The Morgan fingerprint density at radius 1 is 0.458 bits per heavy atom. The Balaban J connectivity index is 1.19. The van der Waals surface area contributed by atoms with Gasteiger partial charge in [-0.2, -0.15) is 0 Å². The Kier molecular flexibility index (Phi) is 5.44. The van der Waals surface area contributed by atoms with Gasteiger partial charge < -0.3 is 9.32 Å². The van der Waals surface area contributed by atoms with Crippen LogP contribution in [0.15, 0.2) is 144 Å². The Hall–Kier alpha value is -5.60. The van der Waals surface area contributed by atoms with Crippen LogP contribution in [0.1, 0.15) is 49.9 Å². The molecule has 0 amide bonds. The van der Waals surface area contributed by atoms with Gasteiger partial charge in [-0.3, -0.25) is 0 Å². The molecule has 2 heteroatoms. The number of hydrogen-bond acceptors (Lipinski definition) is 2. The van der Waals surface area contributed by atoms with E-state index in [4.69, 9.17) is 4.42 Å². The van der Waals surface area contributed by atoms with E-state index in [1.807, 2.05) is 0 Å². The second-order valence-corrected chi connectivity index (χ2v) is 14.6. The lowest BCUT2D eigenvalue weighted by molar-refractivity contribution is 0.660. The zero-order chi connectivity index (χ0) is 32.4. The van der Waals surface area contributed by atoms with Crippen molar-refractivity contribution >= 4 is 49.8 Å². The highest BCUT2D eigenvalue weighted by Gasteiger charge is 2.37. The molecule has 0 saturated heterocycles. The molecule has 10 rings (SSSR count). The van der Waals surface area contributed by atoms with E-state index >= 15 is 0 Å². The SMILES string of the molecule is CC1(C)c2ccccc2-c2ccc(N(c3ccccc3)c3ccc4oc5c(ccc6ccc7c(c65)-c5ccccc5C7(C)C)c4c3)cc21. The monoisotopic (exact) mass is 617 g/mol. The van der Waals surface area contributed by atoms with Gasteiger partial charge in [0.15, 0.2) is 0 Å². The standard InChI is InChI=1S/C46H35NO/c1-45(2)38-17-11-9-15-35(38)43-39(45)24-19-28-18-22-34-36-26-30(21-25-41(36)48-44(34)42(28)43)47(29-12-6-5-7-13-29)31-20-23-33-32-14-8-10-16-37(32)46(3,4)40(33)27-31/h5-27H,1-4H3. The Bertz CT molecular complexity index is 2620. The first kappa shape index (κ1) is 27.5. The van der Waals surface area contributed by atoms with E-state index in [0.717, 1.165) is 39.0 Å². The number of furan rings is 1. The van der Waals surface area contributed by atoms with Crippen molar-refractivity contribution in [3.05, 3.63) is 162 Å². The first-order chi connectivity index (χ1) is 23.3. The van der Waals surface area contributed by atoms with Crippen molar-refractivity contribution in [3.8, 4) is 22.3 Å². The molecule has 2 aliphatic rings. The number of nitrogens with zero attached hydrogens (tertiary/aromatic N) is 1. The summed E-state index contributed by atoms with van der Waals surface area (Å²) in [5.41, 5.74) is 15.9. The van der Waals surface area contributed by atoms with Crippen molar-refractivity contribution in [1.29, 1.82) is 0 Å². The highest BCUT2D eigenvalue weighted by molar-refractivity contribution is 6.20. The van der Waals surface area contributed by atoms with Gasteiger partial charge in [0, 0.05) is 44.1 Å². The highest BCUT2D eigenvalue weighted by atomic mass is 16.3. The largest absolute Gasteiger partial charge is 0.455 e. The molecule has 0 aliphatic heterocycles. The van der Waals surface area contributed by atoms with Gasteiger partial charge in [0.05, 0.1) is 0 Å². The van der Waals surface area contributed by atoms with Crippen LogP contribution in [0, 0.1) is 0 Å². The zero-order valence-electron chi connectivity index (χ0n) is 27.6. The molecule has 0 saturated carbocycles. The van der Waals surface area contributed by atoms with Crippen LogP contribution in [-0.2, 0) is 10.8 Å². The first-order valence-electron chi connectivity index (χ1n) is 16.9. The molecular formula is C46H35NO. The molecule has 2 aliphatic carbocycles. The third-order valence-electron chi connectivity index (χ3n) is 11.2. The summed E-state index contributed by atoms with van der Waals surface area (Å²) in [7, 11) is 0. The number of fused-ring (bicyclic) bond motifs is 12. The van der Waals surface area contributed by atoms with Crippen LogP contribution >= 0.6 is 0 Å². The molecule has 0 spiro atoms. The summed E-state index contributed by atoms with van der Waals surface area (Å²) in [6.45, 7) is 9.37. The van der Waals surface area contributed by atoms with Crippen LogP contribution in [0.25, 0.3) is 55.0 Å². The topological polar surface area (TPSA) is 16.4 Å². The van der Waals surface area contributed by atoms with Gasteiger partial charge in [-0.25, -0.2) is 0 Å². The molecule has 7 aromatic carbocycles. The van der Waals surface area contributed by atoms with Crippen molar-refractivity contribution in [3.63, 3.8) is 0 Å². The van der Waals surface area contributed by atoms with Gasteiger partial charge in [0.25, 0.3) is 0 Å². The van der Waals surface area contributed by atoms with Crippen molar-refractivity contribution in [2.75, 3.05) is 4.90 Å². The smallest absolute Gasteiger partial charge is 0.143 e. The second-order valence-electron chi connectivity index (χ2n) is 14.6. The molecule has 8 aromatic rings. The van der Waals surface area contributed by atoms with E-state index in [9.17, 15) is 0 Å². The summed E-state index contributed by atoms with van der Waals surface area (Å²) in [6, 6.07) is 51.2. The molecule has 2 nitrogen and oxygen atoms in total. The number of rotatable bonds is 3. The van der Waals surface area contributed by atoms with Crippen LogP contribution < -0.4 is 4.90 Å². The van der Waals surface area contributed by atoms with Gasteiger partial charge in [0.2, 0.25) is 0 Å². The van der Waals surface area contributed by atoms with Gasteiger partial charge in [-0.15, -0.1) is 0 Å². The minimum absolute atomic E-state index is 0.0660. The van der Waals surface area contributed by atoms with Crippen LogP contribution in [0.2, 0.25) is 0 Å². The van der Waals surface area contributed by atoms with E-state index in [1.54, 1.807) is 0 Å². The minimum Gasteiger partial charge on any atom is -0.455 e. The third kappa shape index (κ3) is 3.58. The molecule has 48 heavy (non-hydrogen) atoms. The van der Waals surface area contributed by atoms with Gasteiger partial charge in [0.1, 0.15) is 11.2 Å². The van der Waals surface area contributed by atoms with Crippen molar-refractivity contribution < 1.29 is 4.42 Å². The predicted molar refractivity (Wildman–Crippen MR) is 201 cm³/mol. The van der Waals surface area contributed by atoms with E-state index in [-0.39, 0.29) is 10.8 Å². The van der Waals surface area contributed by atoms with Crippen LogP contribution in [0.4, 0.5) is 17.1 Å². The van der Waals surface area contributed by atoms with Gasteiger partial charge in [-0.05, 0) is 98.4 Å². The minimum atomic E-state index is -0.0799. The second kappa shape index (κ2) is 9.49. The Morgan fingerprint density at radius 2 is 1.08 bits per heavy atom. The maximum Gasteiger partial charge on any atom is 0.143 e. The van der Waals surface area contributed by atoms with Gasteiger partial charge >= 0.3 is 0 Å². The van der Waals surface area contributed by atoms with E-state index in [2.05, 4.69) is 172 Å². The molecular weight excluding hydrogens is 583 g/mol. The molecule has 0 radical (unpaired) electrons. The fourth-order valence-electron chi connectivity index (χ4n) is 8.82. The van der Waals surface area contributed by atoms with E-state index in [1.165, 1.54) is 55.3 Å². The van der Waals surface area contributed by atoms with Crippen LogP contribution in [0.3, 0.4) is 0 Å². The molecule has 1 aromatic heterocycles. The highest BCUT2D eigenvalue weighted by Crippen LogP contribution is 2.54. The quantitative estimate of drug-likeness (QED) is 0.196. The van der Waals surface area contributed by atoms with Crippen molar-refractivity contribution in [2.24, 2.45) is 0 Å². The summed E-state index contributed by atoms with van der Waals surface area (Å²) in [4.78, 5) is 2.38. The summed E-state index contributed by atoms with van der Waals surface area (Å²) < 4.78 is 6.83. The Labute approximate surface area is 280 Å². The molecule has 0 fully saturated rings. The fraction of sp³-hybridized carbons (Fsp3) is 0.130. The zero-order valence-corrected chi connectivity index (χ0v) is 27.6. The summed E-state index contributed by atoms with van der Waals surface area (Å²) >= 11 is 0. The maximum absolute atomic E-state index is 6.83. The van der Waals surface area contributed by atoms with Crippen LogP contribution in [0.5, 0.6) is 0 Å². The third-order valence-corrected chi connectivity index (χ3v) is 11.2. The molecule has 0 unspecified atom stereocenters. The van der Waals surface area contributed by atoms with Gasteiger partial charge in [-0.1, -0.05) is 119 Å². The number of hydrogen-bond donors (Lipinski definition) is 0. The average molecular weight is 618 g/mol. The summed E-state index contributed by atoms with van der Waals surface area (Å²) in [5, 5.41) is 4.69. The lowest BCUT2D eigenvalue weighted by Gasteiger charge is -2.28. The Morgan fingerprint density at radius 3 is 1.90 bits per heavy atom. The lowest BCUT2D eigenvalue weighted by Crippen LogP contribution is -2.16. The first-order valence-corrected chi connectivity index (χ1v) is 16.9. The summed E-state index contributed by atoms with van der Waals surface area (Å²) in [5.74, 6) is 0. The van der Waals surface area contributed by atoms with E-state index < -0.39 is 0 Å². The summed E-state index contributed by atoms with van der Waals surface area (Å²) in [6.07, 6.45) is 0. The number of benzene rings is 7. The number of anilines is 3. The fourth-order valence-corrected chi connectivity index (χ4v) is 8.82. The van der Waals surface area contributed by atoms with Crippen molar-refractivity contribution in [1.82, 2.24) is 0 Å². The lowest BCUT2D eigenvalue weighted by atomic mass is 9.82. The average Bonchev–Trinajstić information content (AvgIpc) is 3.68. The normalized spacial score (nSPS) is 15.0. The van der Waals surface area contributed by atoms with Crippen LogP contribution in [-0.4, -0.2) is 0 Å². The van der Waals surface area contributed by atoms with Crippen molar-refractivity contribution in [2.45, 2.75) is 38.5 Å². The predicted octanol–water partition coefficient (Wildman–Crippen LogP) is 12.8. The molecule has 0 bridgehead atoms. The molecule has 1 heterocycles. The van der Waals surface area contributed by atoms with E-state index in [0.29, 0.717) is 0 Å². The number of para-hydroxylation sites is 1. The maximum atomic E-state index is 6.83. The molecule has 0 N–H and O–H groups in total. The molecule has 230 valence electrons.